The lowest BCUT2D eigenvalue weighted by Crippen LogP contribution is -2.44. The number of ether oxygens (including phenoxy) is 1. The number of aliphatic hydroxyl groups excluding tert-OH is 1. The summed E-state index contributed by atoms with van der Waals surface area (Å²) in [6.07, 6.45) is 2.40. The van der Waals surface area contributed by atoms with Crippen LogP contribution < -0.4 is 4.74 Å². The molecule has 0 radical (unpaired) electrons. The first kappa shape index (κ1) is 26.2. The monoisotopic (exact) mass is 538 g/mol. The summed E-state index contributed by atoms with van der Waals surface area (Å²) in [4.78, 5) is 18.5. The van der Waals surface area contributed by atoms with E-state index in [-0.39, 0.29) is 11.7 Å². The summed E-state index contributed by atoms with van der Waals surface area (Å²) in [5.41, 5.74) is 1.30. The van der Waals surface area contributed by atoms with Gasteiger partial charge in [0.1, 0.15) is 11.6 Å². The number of hydrogen-bond donors (Lipinski definition) is 2. The number of carbonyl (C=O) groups is 1. The summed E-state index contributed by atoms with van der Waals surface area (Å²) >= 11 is 9.27. The van der Waals surface area contributed by atoms with Crippen molar-refractivity contribution in [3.63, 3.8) is 0 Å². The van der Waals surface area contributed by atoms with Gasteiger partial charge in [-0.15, -0.1) is 23.1 Å². The number of nitrogens with zero attached hydrogens (tertiary/aromatic N) is 2. The second-order valence-electron chi connectivity index (χ2n) is 8.69. The van der Waals surface area contributed by atoms with Crippen LogP contribution in [0.1, 0.15) is 30.9 Å². The average molecular weight is 539 g/mol. The maximum Gasteiger partial charge on any atom is 0.308 e. The molecule has 188 valence electrons. The number of aromatic nitrogens is 1. The predicted molar refractivity (Wildman–Crippen MR) is 138 cm³/mol. The van der Waals surface area contributed by atoms with Gasteiger partial charge in [-0.2, -0.15) is 0 Å². The molecule has 3 aromatic rings. The van der Waals surface area contributed by atoms with Gasteiger partial charge in [0.05, 0.1) is 33.9 Å². The van der Waals surface area contributed by atoms with E-state index in [0.717, 1.165) is 18.4 Å². The second-order valence-corrected chi connectivity index (χ2v) is 11.4. The number of aliphatic carboxylic acids is 1. The molecule has 3 heterocycles. The number of benzene rings is 1. The molecule has 0 saturated carbocycles. The summed E-state index contributed by atoms with van der Waals surface area (Å²) in [5.74, 6) is -0.200. The maximum absolute atomic E-state index is 13.6. The van der Waals surface area contributed by atoms with Crippen LogP contribution >= 0.6 is 34.7 Å². The van der Waals surface area contributed by atoms with E-state index in [1.165, 1.54) is 35.4 Å². The van der Waals surface area contributed by atoms with Gasteiger partial charge >= 0.3 is 5.97 Å². The molecule has 0 aliphatic carbocycles. The van der Waals surface area contributed by atoms with Gasteiger partial charge in [0, 0.05) is 36.0 Å². The van der Waals surface area contributed by atoms with Gasteiger partial charge < -0.3 is 19.8 Å². The van der Waals surface area contributed by atoms with E-state index in [9.17, 15) is 19.4 Å². The average Bonchev–Trinajstić information content (AvgIpc) is 3.26. The zero-order chi connectivity index (χ0) is 24.9. The maximum atomic E-state index is 13.6. The number of fused-ring (bicyclic) bond motifs is 1. The summed E-state index contributed by atoms with van der Waals surface area (Å²) in [7, 11) is 1.58. The molecule has 0 spiro atoms. The van der Waals surface area contributed by atoms with Gasteiger partial charge in [-0.25, -0.2) is 4.39 Å². The lowest BCUT2D eigenvalue weighted by Gasteiger charge is -2.37. The first-order chi connectivity index (χ1) is 16.9. The number of carboxylic acids is 1. The van der Waals surface area contributed by atoms with Crippen LogP contribution in [0.15, 0.2) is 40.1 Å². The number of hydrogen-bond acceptors (Lipinski definition) is 7. The zero-order valence-corrected chi connectivity index (χ0v) is 21.7. The number of likely N-dealkylation sites (tertiary alicyclic amines) is 1. The van der Waals surface area contributed by atoms with E-state index in [1.54, 1.807) is 18.6 Å². The van der Waals surface area contributed by atoms with E-state index >= 15 is 0 Å². The van der Waals surface area contributed by atoms with Crippen molar-refractivity contribution in [2.75, 3.05) is 32.5 Å². The first-order valence-corrected chi connectivity index (χ1v) is 13.7. The number of methoxy groups -OCH3 is 1. The van der Waals surface area contributed by atoms with Crippen LogP contribution in [0, 0.1) is 17.7 Å². The molecule has 6 nitrogen and oxygen atoms in total. The summed E-state index contributed by atoms with van der Waals surface area (Å²) in [6.45, 7) is 1.95. The molecule has 2 N–H and O–H groups in total. The van der Waals surface area contributed by atoms with Crippen LogP contribution in [0.3, 0.4) is 0 Å². The number of pyridine rings is 1. The molecule has 1 saturated heterocycles. The molecule has 1 fully saturated rings. The van der Waals surface area contributed by atoms with Gasteiger partial charge in [-0.1, -0.05) is 11.6 Å². The molecule has 10 heteroatoms. The van der Waals surface area contributed by atoms with Crippen molar-refractivity contribution in [2.45, 2.75) is 29.6 Å². The summed E-state index contributed by atoms with van der Waals surface area (Å²) in [6, 6.07) is 6.90. The van der Waals surface area contributed by atoms with Crippen molar-refractivity contribution < 1.29 is 24.1 Å². The van der Waals surface area contributed by atoms with Crippen LogP contribution in [-0.2, 0) is 4.79 Å². The number of rotatable bonds is 10. The van der Waals surface area contributed by atoms with Gasteiger partial charge in [0.15, 0.2) is 0 Å². The normalized spacial score (nSPS) is 19.7. The van der Waals surface area contributed by atoms with Crippen LogP contribution in [0.25, 0.3) is 10.9 Å². The number of aliphatic hydroxyl groups is 1. The Bertz CT molecular complexity index is 1180. The van der Waals surface area contributed by atoms with Crippen LogP contribution in [0.4, 0.5) is 4.39 Å². The zero-order valence-electron chi connectivity index (χ0n) is 19.3. The van der Waals surface area contributed by atoms with Crippen LogP contribution in [0.2, 0.25) is 5.02 Å². The smallest absolute Gasteiger partial charge is 0.308 e. The van der Waals surface area contributed by atoms with Gasteiger partial charge in [0.25, 0.3) is 0 Å². The minimum atomic E-state index is -0.843. The molecule has 4 rings (SSSR count). The summed E-state index contributed by atoms with van der Waals surface area (Å²) < 4.78 is 19.6. The van der Waals surface area contributed by atoms with Crippen molar-refractivity contribution in [1.29, 1.82) is 0 Å². The predicted octanol–water partition coefficient (Wildman–Crippen LogP) is 5.73. The Hall–Kier alpha value is -1.91. The molecule has 2 aromatic heterocycles. The lowest BCUT2D eigenvalue weighted by molar-refractivity contribution is -0.146. The molecule has 0 amide bonds. The highest BCUT2D eigenvalue weighted by Gasteiger charge is 2.34. The number of halogens is 2. The Balaban J connectivity index is 1.37. The highest BCUT2D eigenvalue weighted by molar-refractivity contribution is 8.01. The van der Waals surface area contributed by atoms with Gasteiger partial charge in [-0.3, -0.25) is 9.78 Å². The molecule has 35 heavy (non-hydrogen) atoms. The van der Waals surface area contributed by atoms with Crippen molar-refractivity contribution >= 4 is 51.6 Å². The van der Waals surface area contributed by atoms with Crippen LogP contribution in [-0.4, -0.2) is 58.6 Å². The van der Waals surface area contributed by atoms with Crippen molar-refractivity contribution in [3.8, 4) is 5.75 Å². The van der Waals surface area contributed by atoms with Crippen LogP contribution in [0.5, 0.6) is 5.75 Å². The number of piperidine rings is 1. The molecule has 1 aliphatic rings. The molecule has 2 unspecified atom stereocenters. The topological polar surface area (TPSA) is 82.9 Å². The van der Waals surface area contributed by atoms with E-state index in [1.807, 2.05) is 12.1 Å². The standard InChI is InChI=1S/C25H28ClFN2O4S2/c1-33-16-3-4-21-17(12-16)23(19(26)13-28-21)22(30)5-2-15-6-8-29(14-18(15)24(31)32)9-11-35-25-20(27)7-10-34-25/h3-4,7,10,12-13,15,18,22,30H,2,5-6,8-9,11,14H2,1H3,(H,31,32)/t15?,18?,22-/m1/s1. The Kier molecular flexibility index (Phi) is 8.88. The van der Waals surface area contributed by atoms with E-state index in [2.05, 4.69) is 9.88 Å². The number of carboxylic acid groups (broad SMARTS) is 1. The highest BCUT2D eigenvalue weighted by Crippen LogP contribution is 2.37. The largest absolute Gasteiger partial charge is 0.497 e. The quantitative estimate of drug-likeness (QED) is 0.319. The highest BCUT2D eigenvalue weighted by atomic mass is 35.5. The minimum absolute atomic E-state index is 0.0396. The lowest BCUT2D eigenvalue weighted by atomic mass is 9.81. The number of thiophene rings is 1. The number of thioether (sulfide) groups is 1. The van der Waals surface area contributed by atoms with Gasteiger partial charge in [0.2, 0.25) is 0 Å². The Labute approximate surface area is 217 Å². The summed E-state index contributed by atoms with van der Waals surface area (Å²) in [5, 5.41) is 23.8. The second kappa shape index (κ2) is 11.9. The van der Waals surface area contributed by atoms with Crippen molar-refractivity contribution in [3.05, 3.63) is 52.2 Å². The molecule has 3 atom stereocenters. The molecule has 1 aliphatic heterocycles. The Morgan fingerprint density at radius 1 is 1.43 bits per heavy atom. The Morgan fingerprint density at radius 3 is 2.97 bits per heavy atom. The van der Waals surface area contributed by atoms with E-state index in [0.29, 0.717) is 57.7 Å². The fraction of sp³-hybridized carbons (Fsp3) is 0.440. The van der Waals surface area contributed by atoms with Gasteiger partial charge in [-0.05, 0) is 61.4 Å². The fourth-order valence-corrected chi connectivity index (χ4v) is 6.89. The molecular weight excluding hydrogens is 511 g/mol. The van der Waals surface area contributed by atoms with E-state index in [4.69, 9.17) is 16.3 Å². The van der Waals surface area contributed by atoms with Crippen molar-refractivity contribution in [2.24, 2.45) is 11.8 Å². The SMILES string of the molecule is COc1ccc2ncc(Cl)c([C@H](O)CCC3CCN(CCSc4sccc4F)CC3C(=O)O)c2c1. The first-order valence-electron chi connectivity index (χ1n) is 11.5. The fourth-order valence-electron chi connectivity index (χ4n) is 4.70. The Morgan fingerprint density at radius 2 is 2.26 bits per heavy atom. The third-order valence-electron chi connectivity index (χ3n) is 6.59. The molecule has 0 bridgehead atoms. The third-order valence-corrected chi connectivity index (χ3v) is 9.06. The molecule has 1 aromatic carbocycles. The van der Waals surface area contributed by atoms with E-state index < -0.39 is 18.0 Å². The van der Waals surface area contributed by atoms with Crippen molar-refractivity contribution in [1.82, 2.24) is 9.88 Å². The minimum Gasteiger partial charge on any atom is -0.497 e. The third kappa shape index (κ3) is 6.27. The molecular formula is C25H28ClFN2O4S2.